The number of halogens is 1. The van der Waals surface area contributed by atoms with Crippen LogP contribution in [0, 0.1) is 5.82 Å². The number of allylic oxidation sites excluding steroid dienone is 2. The number of carbonyl (C=O) groups is 2. The number of hydrogen-bond acceptors (Lipinski definition) is 4. The van der Waals surface area contributed by atoms with Crippen LogP contribution in [0.1, 0.15) is 41.5 Å². The van der Waals surface area contributed by atoms with Crippen molar-refractivity contribution in [3.8, 4) is 0 Å². The molecule has 0 radical (unpaired) electrons. The molecule has 6 heteroatoms. The standard InChI is InChI=1S/C22H19FN2O2S/c23-14-5-3-12(4-6-14)19-20-16(25-15-7-8-24-22(27)21(15)19)10-13(11-17(20)26)18-2-1-9-28-18/h1-6,9,13,19,25H,7-8,10-11H2,(H,24,27). The van der Waals surface area contributed by atoms with Crippen molar-refractivity contribution in [1.82, 2.24) is 10.6 Å². The van der Waals surface area contributed by atoms with Gasteiger partial charge in [-0.1, -0.05) is 18.2 Å². The van der Waals surface area contributed by atoms with Crippen LogP contribution in [0.4, 0.5) is 4.39 Å². The van der Waals surface area contributed by atoms with E-state index in [1.54, 1.807) is 23.5 Å². The molecule has 0 saturated heterocycles. The molecule has 3 aliphatic rings. The van der Waals surface area contributed by atoms with E-state index in [1.807, 2.05) is 11.4 Å². The molecule has 0 saturated carbocycles. The van der Waals surface area contributed by atoms with Crippen molar-refractivity contribution in [2.24, 2.45) is 0 Å². The Balaban J connectivity index is 1.63. The van der Waals surface area contributed by atoms with Crippen molar-refractivity contribution in [1.29, 1.82) is 0 Å². The average Bonchev–Trinajstić information content (AvgIpc) is 3.22. The zero-order valence-corrected chi connectivity index (χ0v) is 15.9. The summed E-state index contributed by atoms with van der Waals surface area (Å²) < 4.78 is 13.5. The Morgan fingerprint density at radius 2 is 1.82 bits per heavy atom. The van der Waals surface area contributed by atoms with Crippen LogP contribution >= 0.6 is 11.3 Å². The molecule has 28 heavy (non-hydrogen) atoms. The Labute approximate surface area is 166 Å². The highest BCUT2D eigenvalue weighted by molar-refractivity contribution is 7.10. The molecular weight excluding hydrogens is 375 g/mol. The van der Waals surface area contributed by atoms with Gasteiger partial charge in [-0.15, -0.1) is 11.3 Å². The number of nitrogens with one attached hydrogen (secondary N) is 2. The first-order chi connectivity index (χ1) is 13.6. The smallest absolute Gasteiger partial charge is 0.249 e. The Hall–Kier alpha value is -2.73. The van der Waals surface area contributed by atoms with Gasteiger partial charge in [0.05, 0.1) is 0 Å². The van der Waals surface area contributed by atoms with Gasteiger partial charge in [0.1, 0.15) is 5.82 Å². The van der Waals surface area contributed by atoms with Crippen molar-refractivity contribution >= 4 is 23.0 Å². The number of Topliss-reactive ketones (excluding diaryl/α,β-unsaturated/α-hetero) is 1. The normalized spacial score (nSPS) is 24.5. The minimum atomic E-state index is -0.441. The first-order valence-corrected chi connectivity index (χ1v) is 10.3. The summed E-state index contributed by atoms with van der Waals surface area (Å²) in [6.07, 6.45) is 1.88. The zero-order valence-electron chi connectivity index (χ0n) is 15.1. The second kappa shape index (κ2) is 6.71. The van der Waals surface area contributed by atoms with Crippen LogP contribution in [-0.4, -0.2) is 18.2 Å². The third-order valence-electron chi connectivity index (χ3n) is 5.77. The van der Waals surface area contributed by atoms with Gasteiger partial charge >= 0.3 is 0 Å². The van der Waals surface area contributed by atoms with Crippen molar-refractivity contribution in [2.75, 3.05) is 6.54 Å². The second-order valence-corrected chi connectivity index (χ2v) is 8.42. The maximum absolute atomic E-state index is 13.5. The predicted molar refractivity (Wildman–Crippen MR) is 105 cm³/mol. The molecule has 4 nitrogen and oxygen atoms in total. The zero-order chi connectivity index (χ0) is 19.3. The monoisotopic (exact) mass is 394 g/mol. The molecule has 1 aromatic heterocycles. The van der Waals surface area contributed by atoms with E-state index in [-0.39, 0.29) is 23.4 Å². The van der Waals surface area contributed by atoms with Crippen LogP contribution in [0.5, 0.6) is 0 Å². The van der Waals surface area contributed by atoms with Gasteiger partial charge in [-0.2, -0.15) is 0 Å². The lowest BCUT2D eigenvalue weighted by molar-refractivity contribution is -0.118. The van der Waals surface area contributed by atoms with Crippen molar-refractivity contribution in [2.45, 2.75) is 31.1 Å². The van der Waals surface area contributed by atoms with Crippen LogP contribution in [-0.2, 0) is 9.59 Å². The van der Waals surface area contributed by atoms with Crippen LogP contribution in [0.2, 0.25) is 0 Å². The van der Waals surface area contributed by atoms with E-state index < -0.39 is 5.92 Å². The highest BCUT2D eigenvalue weighted by Gasteiger charge is 2.42. The molecule has 1 aliphatic carbocycles. The van der Waals surface area contributed by atoms with E-state index in [9.17, 15) is 14.0 Å². The highest BCUT2D eigenvalue weighted by atomic mass is 32.1. The predicted octanol–water partition coefficient (Wildman–Crippen LogP) is 3.75. The molecule has 2 atom stereocenters. The topological polar surface area (TPSA) is 58.2 Å². The van der Waals surface area contributed by atoms with Crippen LogP contribution in [0.25, 0.3) is 0 Å². The minimum Gasteiger partial charge on any atom is -0.361 e. The van der Waals surface area contributed by atoms with Gasteiger partial charge in [0.2, 0.25) is 5.91 Å². The first-order valence-electron chi connectivity index (χ1n) is 9.45. The van der Waals surface area contributed by atoms with Gasteiger partial charge in [-0.3, -0.25) is 9.59 Å². The maximum Gasteiger partial charge on any atom is 0.249 e. The van der Waals surface area contributed by atoms with Gasteiger partial charge in [-0.05, 0) is 35.6 Å². The lowest BCUT2D eigenvalue weighted by Crippen LogP contribution is -2.43. The summed E-state index contributed by atoms with van der Waals surface area (Å²) >= 11 is 1.67. The van der Waals surface area contributed by atoms with E-state index in [0.29, 0.717) is 30.5 Å². The van der Waals surface area contributed by atoms with Gasteiger partial charge in [0.15, 0.2) is 5.78 Å². The number of carbonyl (C=O) groups excluding carboxylic acids is 2. The molecule has 142 valence electrons. The molecule has 1 aromatic carbocycles. The van der Waals surface area contributed by atoms with E-state index in [2.05, 4.69) is 16.7 Å². The summed E-state index contributed by atoms with van der Waals surface area (Å²) in [5.41, 5.74) is 3.84. The number of dihydropyridines is 1. The fraction of sp³-hybridized carbons (Fsp3) is 0.273. The number of thiophene rings is 1. The third-order valence-corrected chi connectivity index (χ3v) is 6.80. The maximum atomic E-state index is 13.5. The van der Waals surface area contributed by atoms with Gasteiger partial charge in [-0.25, -0.2) is 4.39 Å². The van der Waals surface area contributed by atoms with Gasteiger partial charge < -0.3 is 10.6 Å². The minimum absolute atomic E-state index is 0.0615. The number of benzene rings is 1. The summed E-state index contributed by atoms with van der Waals surface area (Å²) in [5.74, 6) is -0.702. The Morgan fingerprint density at radius 3 is 2.57 bits per heavy atom. The van der Waals surface area contributed by atoms with E-state index in [1.165, 1.54) is 17.0 Å². The van der Waals surface area contributed by atoms with Crippen molar-refractivity contribution in [3.05, 3.63) is 80.6 Å². The SMILES string of the molecule is O=C1CC(c2cccs2)CC2=C1C(c1ccc(F)cc1)C1=C(CCNC1=O)N2. The van der Waals surface area contributed by atoms with Crippen LogP contribution in [0.15, 0.2) is 64.3 Å². The van der Waals surface area contributed by atoms with Crippen molar-refractivity contribution in [3.63, 3.8) is 0 Å². The fourth-order valence-corrected chi connectivity index (χ4v) is 5.36. The number of hydrogen-bond donors (Lipinski definition) is 2. The highest BCUT2D eigenvalue weighted by Crippen LogP contribution is 2.46. The first kappa shape index (κ1) is 17.4. The quantitative estimate of drug-likeness (QED) is 0.816. The van der Waals surface area contributed by atoms with E-state index >= 15 is 0 Å². The van der Waals surface area contributed by atoms with Crippen LogP contribution in [0.3, 0.4) is 0 Å². The van der Waals surface area contributed by atoms with Gasteiger partial charge in [0, 0.05) is 58.6 Å². The van der Waals surface area contributed by atoms with Crippen LogP contribution < -0.4 is 10.6 Å². The molecule has 0 spiro atoms. The third kappa shape index (κ3) is 2.79. The summed E-state index contributed by atoms with van der Waals surface area (Å²) in [4.78, 5) is 27.1. The van der Waals surface area contributed by atoms with Crippen molar-refractivity contribution < 1.29 is 14.0 Å². The summed E-state index contributed by atoms with van der Waals surface area (Å²) in [6.45, 7) is 0.575. The summed E-state index contributed by atoms with van der Waals surface area (Å²) in [6, 6.07) is 10.2. The largest absolute Gasteiger partial charge is 0.361 e. The molecule has 1 amide bonds. The van der Waals surface area contributed by atoms with E-state index in [0.717, 1.165) is 23.4 Å². The fourth-order valence-electron chi connectivity index (χ4n) is 4.53. The second-order valence-electron chi connectivity index (χ2n) is 7.44. The molecule has 3 heterocycles. The molecule has 0 fully saturated rings. The molecule has 2 N–H and O–H groups in total. The number of amides is 1. The molecule has 0 bridgehead atoms. The summed E-state index contributed by atoms with van der Waals surface area (Å²) in [7, 11) is 0. The average molecular weight is 394 g/mol. The lowest BCUT2D eigenvalue weighted by Gasteiger charge is -2.39. The molecule has 2 unspecified atom stereocenters. The Kier molecular flexibility index (Phi) is 4.16. The molecule has 2 aromatic rings. The molecule has 5 rings (SSSR count). The Morgan fingerprint density at radius 1 is 1.00 bits per heavy atom. The summed E-state index contributed by atoms with van der Waals surface area (Å²) in [5, 5.41) is 8.35. The number of rotatable bonds is 2. The van der Waals surface area contributed by atoms with Gasteiger partial charge in [0.25, 0.3) is 0 Å². The van der Waals surface area contributed by atoms with E-state index in [4.69, 9.17) is 0 Å². The Bertz CT molecular complexity index is 1020. The molecular formula is C22H19FN2O2S. The molecule has 2 aliphatic heterocycles. The lowest BCUT2D eigenvalue weighted by atomic mass is 9.71. The number of ketones is 1.